The molecule has 2 saturated heterocycles. The number of hydrogen-bond acceptors (Lipinski definition) is 6. The standard InChI is InChI=1S/C24H28FN5OS/c1-2-20-15-21-22(26-16-27-23(21)32-20)29-9-7-17(8-10-29)24(31)30-13-11-28(12-14-30)19-5-3-18(25)4-6-19/h3-6,15-17H,2,7-14H2,1H3. The number of thiophene rings is 1. The molecule has 2 fully saturated rings. The Morgan fingerprint density at radius 2 is 1.75 bits per heavy atom. The molecule has 0 unspecified atom stereocenters. The van der Waals surface area contributed by atoms with Gasteiger partial charge in [-0.15, -0.1) is 11.3 Å². The predicted octanol–water partition coefficient (Wildman–Crippen LogP) is 3.96. The van der Waals surface area contributed by atoms with Gasteiger partial charge >= 0.3 is 0 Å². The highest BCUT2D eigenvalue weighted by molar-refractivity contribution is 7.18. The van der Waals surface area contributed by atoms with Crippen LogP contribution < -0.4 is 9.80 Å². The van der Waals surface area contributed by atoms with Gasteiger partial charge in [0, 0.05) is 55.8 Å². The van der Waals surface area contributed by atoms with E-state index < -0.39 is 0 Å². The Labute approximate surface area is 191 Å². The monoisotopic (exact) mass is 453 g/mol. The van der Waals surface area contributed by atoms with E-state index in [0.717, 1.165) is 80.3 Å². The van der Waals surface area contributed by atoms with Gasteiger partial charge in [0.2, 0.25) is 5.91 Å². The predicted molar refractivity (Wildman–Crippen MR) is 127 cm³/mol. The van der Waals surface area contributed by atoms with E-state index in [1.807, 2.05) is 17.0 Å². The second-order valence-corrected chi connectivity index (χ2v) is 9.65. The molecule has 0 saturated carbocycles. The highest BCUT2D eigenvalue weighted by Gasteiger charge is 2.31. The number of piperidine rings is 1. The van der Waals surface area contributed by atoms with E-state index in [9.17, 15) is 9.18 Å². The first-order valence-corrected chi connectivity index (χ1v) is 12.2. The van der Waals surface area contributed by atoms with Crippen molar-refractivity contribution in [3.05, 3.63) is 47.4 Å². The van der Waals surface area contributed by atoms with Gasteiger partial charge in [0.15, 0.2) is 0 Å². The average Bonchev–Trinajstić information content (AvgIpc) is 3.28. The number of piperazine rings is 1. The van der Waals surface area contributed by atoms with Crippen molar-refractivity contribution in [3.63, 3.8) is 0 Å². The second kappa shape index (κ2) is 9.02. The molecule has 1 amide bonds. The summed E-state index contributed by atoms with van der Waals surface area (Å²) in [6.07, 6.45) is 4.37. The lowest BCUT2D eigenvalue weighted by Crippen LogP contribution is -2.51. The molecule has 8 heteroatoms. The molecule has 0 radical (unpaired) electrons. The summed E-state index contributed by atoms with van der Waals surface area (Å²) in [6, 6.07) is 8.82. The Morgan fingerprint density at radius 3 is 2.44 bits per heavy atom. The highest BCUT2D eigenvalue weighted by atomic mass is 32.1. The molecule has 0 spiro atoms. The molecule has 0 bridgehead atoms. The molecule has 5 rings (SSSR count). The van der Waals surface area contributed by atoms with Gasteiger partial charge in [-0.05, 0) is 49.6 Å². The zero-order valence-electron chi connectivity index (χ0n) is 18.3. The fourth-order valence-corrected chi connectivity index (χ4v) is 5.68. The minimum Gasteiger partial charge on any atom is -0.368 e. The van der Waals surface area contributed by atoms with Crippen LogP contribution in [-0.2, 0) is 11.2 Å². The van der Waals surface area contributed by atoms with E-state index in [1.165, 1.54) is 17.0 Å². The molecule has 4 heterocycles. The number of fused-ring (bicyclic) bond motifs is 1. The lowest BCUT2D eigenvalue weighted by atomic mass is 9.94. The van der Waals surface area contributed by atoms with Gasteiger partial charge < -0.3 is 14.7 Å². The number of carbonyl (C=O) groups is 1. The van der Waals surface area contributed by atoms with Crippen LogP contribution in [0.15, 0.2) is 36.7 Å². The van der Waals surface area contributed by atoms with Gasteiger partial charge in [-0.3, -0.25) is 4.79 Å². The molecule has 3 aromatic rings. The van der Waals surface area contributed by atoms with Crippen molar-refractivity contribution in [1.29, 1.82) is 0 Å². The largest absolute Gasteiger partial charge is 0.368 e. The molecule has 6 nitrogen and oxygen atoms in total. The third kappa shape index (κ3) is 4.16. The number of hydrogen-bond donors (Lipinski definition) is 0. The van der Waals surface area contributed by atoms with Crippen molar-refractivity contribution in [1.82, 2.24) is 14.9 Å². The van der Waals surface area contributed by atoms with Crippen molar-refractivity contribution in [2.45, 2.75) is 26.2 Å². The van der Waals surface area contributed by atoms with Crippen molar-refractivity contribution < 1.29 is 9.18 Å². The van der Waals surface area contributed by atoms with E-state index in [0.29, 0.717) is 0 Å². The van der Waals surface area contributed by atoms with Crippen molar-refractivity contribution in [2.75, 3.05) is 49.1 Å². The van der Waals surface area contributed by atoms with Crippen LogP contribution in [0, 0.1) is 11.7 Å². The van der Waals surface area contributed by atoms with Gasteiger partial charge in [-0.25, -0.2) is 14.4 Å². The molecule has 1 aromatic carbocycles. The fraction of sp³-hybridized carbons (Fsp3) is 0.458. The van der Waals surface area contributed by atoms with E-state index in [-0.39, 0.29) is 17.6 Å². The summed E-state index contributed by atoms with van der Waals surface area (Å²) in [6.45, 7) is 6.86. The number of rotatable bonds is 4. The minimum absolute atomic E-state index is 0.0784. The maximum atomic E-state index is 13.2. The average molecular weight is 454 g/mol. The number of amides is 1. The smallest absolute Gasteiger partial charge is 0.225 e. The van der Waals surface area contributed by atoms with E-state index >= 15 is 0 Å². The first kappa shape index (κ1) is 21.1. The first-order chi connectivity index (χ1) is 15.6. The quantitative estimate of drug-likeness (QED) is 0.599. The number of benzene rings is 1. The number of carbonyl (C=O) groups excluding carboxylic acids is 1. The summed E-state index contributed by atoms with van der Waals surface area (Å²) in [5.74, 6) is 1.14. The number of aromatic nitrogens is 2. The van der Waals surface area contributed by atoms with Gasteiger partial charge in [0.1, 0.15) is 22.8 Å². The van der Waals surface area contributed by atoms with E-state index in [2.05, 4.69) is 32.8 Å². The maximum absolute atomic E-state index is 13.2. The van der Waals surface area contributed by atoms with Crippen molar-refractivity contribution >= 4 is 39.0 Å². The molecule has 168 valence electrons. The lowest BCUT2D eigenvalue weighted by molar-refractivity contribution is -0.136. The SMILES string of the molecule is CCc1cc2c(N3CCC(C(=O)N4CCN(c5ccc(F)cc5)CC4)CC3)ncnc2s1. The normalized spacial score (nSPS) is 17.9. The molecular weight excluding hydrogens is 425 g/mol. The van der Waals surface area contributed by atoms with Crippen LogP contribution in [0.2, 0.25) is 0 Å². The van der Waals surface area contributed by atoms with E-state index in [4.69, 9.17) is 0 Å². The van der Waals surface area contributed by atoms with Crippen LogP contribution in [0.25, 0.3) is 10.2 Å². The van der Waals surface area contributed by atoms with Crippen LogP contribution in [0.3, 0.4) is 0 Å². The lowest BCUT2D eigenvalue weighted by Gasteiger charge is -2.39. The molecule has 0 atom stereocenters. The van der Waals surface area contributed by atoms with Crippen LogP contribution in [0.1, 0.15) is 24.6 Å². The topological polar surface area (TPSA) is 52.6 Å². The second-order valence-electron chi connectivity index (χ2n) is 8.53. The Balaban J connectivity index is 1.18. The zero-order valence-corrected chi connectivity index (χ0v) is 19.2. The first-order valence-electron chi connectivity index (χ1n) is 11.4. The number of nitrogens with zero attached hydrogens (tertiary/aromatic N) is 5. The molecule has 2 aromatic heterocycles. The summed E-state index contributed by atoms with van der Waals surface area (Å²) in [7, 11) is 0. The van der Waals surface area contributed by atoms with Crippen LogP contribution in [0.5, 0.6) is 0 Å². The fourth-order valence-electron chi connectivity index (χ4n) is 4.75. The van der Waals surface area contributed by atoms with Crippen molar-refractivity contribution in [2.24, 2.45) is 5.92 Å². The Bertz CT molecular complexity index is 1090. The third-order valence-electron chi connectivity index (χ3n) is 6.63. The highest BCUT2D eigenvalue weighted by Crippen LogP contribution is 2.33. The minimum atomic E-state index is -0.221. The third-order valence-corrected chi connectivity index (χ3v) is 7.82. The summed E-state index contributed by atoms with van der Waals surface area (Å²) >= 11 is 1.74. The summed E-state index contributed by atoms with van der Waals surface area (Å²) < 4.78 is 13.2. The summed E-state index contributed by atoms with van der Waals surface area (Å²) in [5, 5.41) is 1.14. The van der Waals surface area contributed by atoms with Gasteiger partial charge in [0.25, 0.3) is 0 Å². The van der Waals surface area contributed by atoms with Crippen LogP contribution >= 0.6 is 11.3 Å². The molecular formula is C24H28FN5OS. The van der Waals surface area contributed by atoms with Crippen LogP contribution in [-0.4, -0.2) is 60.0 Å². The van der Waals surface area contributed by atoms with E-state index in [1.54, 1.807) is 17.7 Å². The zero-order chi connectivity index (χ0) is 22.1. The van der Waals surface area contributed by atoms with Gasteiger partial charge in [-0.1, -0.05) is 6.92 Å². The van der Waals surface area contributed by atoms with Crippen molar-refractivity contribution in [3.8, 4) is 0 Å². The number of halogens is 1. The van der Waals surface area contributed by atoms with Gasteiger partial charge in [-0.2, -0.15) is 0 Å². The maximum Gasteiger partial charge on any atom is 0.225 e. The number of aryl methyl sites for hydroxylation is 1. The molecule has 2 aliphatic heterocycles. The molecule has 0 aliphatic carbocycles. The number of anilines is 2. The van der Waals surface area contributed by atoms with Crippen LogP contribution in [0.4, 0.5) is 15.9 Å². The summed E-state index contributed by atoms with van der Waals surface area (Å²) in [4.78, 5) is 31.1. The summed E-state index contributed by atoms with van der Waals surface area (Å²) in [5.41, 5.74) is 1.02. The molecule has 2 aliphatic rings. The Morgan fingerprint density at radius 1 is 1.03 bits per heavy atom. The molecule has 32 heavy (non-hydrogen) atoms. The van der Waals surface area contributed by atoms with Gasteiger partial charge in [0.05, 0.1) is 5.39 Å². The Hall–Kier alpha value is -2.74. The Kier molecular flexibility index (Phi) is 5.95. The molecule has 0 N–H and O–H groups in total.